The molecule has 0 spiro atoms. The predicted octanol–water partition coefficient (Wildman–Crippen LogP) is 1.69. The molecule has 2 heterocycles. The summed E-state index contributed by atoms with van der Waals surface area (Å²) in [6, 6.07) is 7.48. The molecule has 0 atom stereocenters. The molecule has 1 aliphatic heterocycles. The molecular formula is C23H33N5O5. The minimum absolute atomic E-state index is 0.204. The molecule has 1 aromatic heterocycles. The maximum Gasteiger partial charge on any atom is 0.410 e. The van der Waals surface area contributed by atoms with Crippen molar-refractivity contribution in [2.45, 2.75) is 45.8 Å². The van der Waals surface area contributed by atoms with Crippen LogP contribution in [0.1, 0.15) is 32.8 Å². The summed E-state index contributed by atoms with van der Waals surface area (Å²) in [5.74, 6) is -0.247. The molecule has 0 aliphatic carbocycles. The van der Waals surface area contributed by atoms with E-state index in [0.717, 1.165) is 24.3 Å². The van der Waals surface area contributed by atoms with Crippen molar-refractivity contribution in [2.24, 2.45) is 0 Å². The van der Waals surface area contributed by atoms with Gasteiger partial charge >= 0.3 is 17.8 Å². The van der Waals surface area contributed by atoms with Crippen molar-refractivity contribution in [1.82, 2.24) is 24.1 Å². The van der Waals surface area contributed by atoms with Gasteiger partial charge < -0.3 is 14.4 Å². The fourth-order valence-corrected chi connectivity index (χ4v) is 3.56. The SMILES string of the molecule is COC(=O)CCc1ccc(-n2cnn(CCN3CCN(C(=O)OC(C)(C)C)CC3)c2=O)cc1. The minimum Gasteiger partial charge on any atom is -0.469 e. The Morgan fingerprint density at radius 3 is 2.30 bits per heavy atom. The summed E-state index contributed by atoms with van der Waals surface area (Å²) in [6.07, 6.45) is 2.14. The highest BCUT2D eigenvalue weighted by molar-refractivity contribution is 5.69. The van der Waals surface area contributed by atoms with E-state index in [4.69, 9.17) is 4.74 Å². The number of nitrogens with zero attached hydrogens (tertiary/aromatic N) is 5. The maximum absolute atomic E-state index is 12.8. The second-order valence-corrected chi connectivity index (χ2v) is 9.06. The standard InChI is InChI=1S/C23H33N5O5/c1-23(2,3)33-22(31)26-14-11-25(12-15-26)13-16-28-21(30)27(17-24-28)19-8-5-18(6-9-19)7-10-20(29)32-4/h5-6,8-9,17H,7,10-16H2,1-4H3. The predicted molar refractivity (Wildman–Crippen MR) is 122 cm³/mol. The lowest BCUT2D eigenvalue weighted by Gasteiger charge is -2.35. The minimum atomic E-state index is -0.502. The van der Waals surface area contributed by atoms with Gasteiger partial charge in [0.25, 0.3) is 0 Å². The fraction of sp³-hybridized carbons (Fsp3) is 0.565. The van der Waals surface area contributed by atoms with Crippen LogP contribution in [0.15, 0.2) is 35.4 Å². The van der Waals surface area contributed by atoms with Crippen molar-refractivity contribution >= 4 is 12.1 Å². The Labute approximate surface area is 193 Å². The zero-order valence-corrected chi connectivity index (χ0v) is 19.8. The van der Waals surface area contributed by atoms with Crippen LogP contribution in [0.4, 0.5) is 4.79 Å². The van der Waals surface area contributed by atoms with Crippen LogP contribution >= 0.6 is 0 Å². The molecule has 2 aromatic rings. The van der Waals surface area contributed by atoms with Gasteiger partial charge in [-0.05, 0) is 44.9 Å². The summed E-state index contributed by atoms with van der Waals surface area (Å²) in [5, 5.41) is 4.25. The van der Waals surface area contributed by atoms with Crippen LogP contribution in [0.25, 0.3) is 5.69 Å². The normalized spacial score (nSPS) is 14.8. The number of esters is 1. The Morgan fingerprint density at radius 1 is 1.03 bits per heavy atom. The van der Waals surface area contributed by atoms with Gasteiger partial charge in [-0.25, -0.2) is 18.8 Å². The van der Waals surface area contributed by atoms with Gasteiger partial charge in [0.05, 0.1) is 19.3 Å². The highest BCUT2D eigenvalue weighted by Gasteiger charge is 2.25. The zero-order valence-electron chi connectivity index (χ0n) is 19.8. The largest absolute Gasteiger partial charge is 0.469 e. The van der Waals surface area contributed by atoms with E-state index in [-0.39, 0.29) is 17.8 Å². The number of rotatable bonds is 7. The highest BCUT2D eigenvalue weighted by atomic mass is 16.6. The van der Waals surface area contributed by atoms with Gasteiger partial charge in [0.2, 0.25) is 0 Å². The molecule has 0 unspecified atom stereocenters. The molecule has 1 aromatic carbocycles. The van der Waals surface area contributed by atoms with Gasteiger partial charge in [-0.1, -0.05) is 12.1 Å². The molecule has 1 aliphatic rings. The molecule has 33 heavy (non-hydrogen) atoms. The second kappa shape index (κ2) is 10.7. The second-order valence-electron chi connectivity index (χ2n) is 9.06. The molecular weight excluding hydrogens is 426 g/mol. The molecule has 1 amide bonds. The number of ether oxygens (including phenoxy) is 2. The first kappa shape index (κ1) is 24.5. The summed E-state index contributed by atoms with van der Waals surface area (Å²) >= 11 is 0. The number of methoxy groups -OCH3 is 1. The van der Waals surface area contributed by atoms with Crippen LogP contribution in [-0.2, 0) is 27.2 Å². The van der Waals surface area contributed by atoms with Gasteiger partial charge in [0.15, 0.2) is 0 Å². The van der Waals surface area contributed by atoms with Gasteiger partial charge in [-0.3, -0.25) is 9.69 Å². The fourth-order valence-electron chi connectivity index (χ4n) is 3.56. The number of piperazine rings is 1. The molecule has 10 heteroatoms. The Hall–Kier alpha value is -3.14. The topological polar surface area (TPSA) is 98.9 Å². The summed E-state index contributed by atoms with van der Waals surface area (Å²) in [6.45, 7) is 9.36. The van der Waals surface area contributed by atoms with Gasteiger partial charge in [0, 0.05) is 39.1 Å². The Kier molecular flexibility index (Phi) is 7.91. The quantitative estimate of drug-likeness (QED) is 0.581. The van der Waals surface area contributed by atoms with Crippen molar-refractivity contribution in [1.29, 1.82) is 0 Å². The van der Waals surface area contributed by atoms with Gasteiger partial charge in [-0.2, -0.15) is 5.10 Å². The molecule has 0 N–H and O–H groups in total. The Balaban J connectivity index is 1.50. The summed E-state index contributed by atoms with van der Waals surface area (Å²) in [4.78, 5) is 40.2. The summed E-state index contributed by atoms with van der Waals surface area (Å²) in [7, 11) is 1.37. The Morgan fingerprint density at radius 2 is 1.70 bits per heavy atom. The lowest BCUT2D eigenvalue weighted by Crippen LogP contribution is -2.50. The third-order valence-corrected chi connectivity index (χ3v) is 5.45. The number of hydrogen-bond acceptors (Lipinski definition) is 7. The molecule has 10 nitrogen and oxygen atoms in total. The van der Waals surface area contributed by atoms with E-state index in [2.05, 4.69) is 14.7 Å². The zero-order chi connectivity index (χ0) is 24.0. The van der Waals surface area contributed by atoms with E-state index < -0.39 is 5.60 Å². The average molecular weight is 460 g/mol. The highest BCUT2D eigenvalue weighted by Crippen LogP contribution is 2.12. The van der Waals surface area contributed by atoms with Crippen LogP contribution in [0.3, 0.4) is 0 Å². The Bertz CT molecular complexity index is 997. The molecule has 180 valence electrons. The van der Waals surface area contributed by atoms with E-state index in [9.17, 15) is 14.4 Å². The van der Waals surface area contributed by atoms with E-state index in [1.54, 1.807) is 4.90 Å². The van der Waals surface area contributed by atoms with Crippen LogP contribution in [0.5, 0.6) is 0 Å². The smallest absolute Gasteiger partial charge is 0.410 e. The number of carbonyl (C=O) groups is 2. The average Bonchev–Trinajstić information content (AvgIpc) is 3.15. The van der Waals surface area contributed by atoms with Gasteiger partial charge in [-0.15, -0.1) is 0 Å². The van der Waals surface area contributed by atoms with Crippen LogP contribution in [0.2, 0.25) is 0 Å². The molecule has 1 saturated heterocycles. The van der Waals surface area contributed by atoms with E-state index in [0.29, 0.717) is 39.0 Å². The first-order valence-electron chi connectivity index (χ1n) is 11.2. The van der Waals surface area contributed by atoms with E-state index >= 15 is 0 Å². The van der Waals surface area contributed by atoms with E-state index in [1.165, 1.54) is 22.7 Å². The summed E-state index contributed by atoms with van der Waals surface area (Å²) in [5.41, 5.74) is 1.01. The third kappa shape index (κ3) is 6.92. The number of benzene rings is 1. The lowest BCUT2D eigenvalue weighted by atomic mass is 10.1. The van der Waals surface area contributed by atoms with Crippen molar-refractivity contribution in [3.8, 4) is 5.69 Å². The lowest BCUT2D eigenvalue weighted by molar-refractivity contribution is -0.140. The first-order chi connectivity index (χ1) is 15.7. The number of amides is 1. The van der Waals surface area contributed by atoms with Crippen molar-refractivity contribution in [3.63, 3.8) is 0 Å². The molecule has 1 fully saturated rings. The van der Waals surface area contributed by atoms with Crippen LogP contribution in [0, 0.1) is 0 Å². The van der Waals surface area contributed by atoms with Crippen molar-refractivity contribution in [2.75, 3.05) is 39.8 Å². The molecule has 0 saturated carbocycles. The maximum atomic E-state index is 12.8. The van der Waals surface area contributed by atoms with Crippen molar-refractivity contribution < 1.29 is 19.1 Å². The van der Waals surface area contributed by atoms with Gasteiger partial charge in [0.1, 0.15) is 11.9 Å². The molecule has 3 rings (SSSR count). The number of aryl methyl sites for hydroxylation is 1. The number of carbonyl (C=O) groups excluding carboxylic acids is 2. The molecule has 0 radical (unpaired) electrons. The summed E-state index contributed by atoms with van der Waals surface area (Å²) < 4.78 is 13.0. The van der Waals surface area contributed by atoms with Crippen molar-refractivity contribution in [3.05, 3.63) is 46.6 Å². The first-order valence-corrected chi connectivity index (χ1v) is 11.2. The van der Waals surface area contributed by atoms with Crippen LogP contribution in [-0.4, -0.2) is 81.6 Å². The number of hydrogen-bond donors (Lipinski definition) is 0. The van der Waals surface area contributed by atoms with Crippen LogP contribution < -0.4 is 5.69 Å². The number of aromatic nitrogens is 3. The molecule has 0 bridgehead atoms. The third-order valence-electron chi connectivity index (χ3n) is 5.45. The monoisotopic (exact) mass is 459 g/mol. The van der Waals surface area contributed by atoms with E-state index in [1.807, 2.05) is 45.0 Å².